The average Bonchev–Trinajstić information content (AvgIpc) is 2.25. The van der Waals surface area contributed by atoms with E-state index < -0.39 is 0 Å². The number of rotatable bonds is 6. The summed E-state index contributed by atoms with van der Waals surface area (Å²) in [5.41, 5.74) is 1.12. The van der Waals surface area contributed by atoms with E-state index >= 15 is 0 Å². The molecule has 0 bridgehead atoms. The van der Waals surface area contributed by atoms with Gasteiger partial charge in [-0.3, -0.25) is 4.98 Å². The molecule has 3 heteroatoms. The largest absolute Gasteiger partial charge is 0.309 e. The second-order valence-corrected chi connectivity index (χ2v) is 4.26. The third-order valence-electron chi connectivity index (χ3n) is 2.11. The summed E-state index contributed by atoms with van der Waals surface area (Å²) in [5, 5.41) is 3.46. The van der Waals surface area contributed by atoms with Crippen LogP contribution in [0.2, 0.25) is 0 Å². The summed E-state index contributed by atoms with van der Waals surface area (Å²) in [6, 6.07) is 6.40. The van der Waals surface area contributed by atoms with Crippen LogP contribution in [0.1, 0.15) is 25.1 Å². The Balaban J connectivity index is 2.25. The Bertz CT molecular complexity index is 238. The molecule has 1 rings (SSSR count). The monoisotopic (exact) mass is 210 g/mol. The minimum absolute atomic E-state index is 0.359. The molecule has 1 N–H and O–H groups in total. The van der Waals surface area contributed by atoms with Gasteiger partial charge in [0.1, 0.15) is 0 Å². The van der Waals surface area contributed by atoms with E-state index in [1.807, 2.05) is 30.1 Å². The minimum Gasteiger partial charge on any atom is -0.309 e. The zero-order valence-corrected chi connectivity index (χ0v) is 9.68. The Morgan fingerprint density at radius 1 is 1.50 bits per heavy atom. The van der Waals surface area contributed by atoms with Gasteiger partial charge in [-0.2, -0.15) is 11.8 Å². The van der Waals surface area contributed by atoms with Gasteiger partial charge in [-0.25, -0.2) is 0 Å². The Kier molecular flexibility index (Phi) is 5.64. The first-order chi connectivity index (χ1) is 6.84. The van der Waals surface area contributed by atoms with Gasteiger partial charge in [0, 0.05) is 12.2 Å². The average molecular weight is 210 g/mol. The number of nitrogens with zero attached hydrogens (tertiary/aromatic N) is 1. The van der Waals surface area contributed by atoms with Crippen molar-refractivity contribution in [2.75, 3.05) is 18.6 Å². The van der Waals surface area contributed by atoms with Crippen LogP contribution in [0.25, 0.3) is 0 Å². The molecule has 1 heterocycles. The zero-order valence-electron chi connectivity index (χ0n) is 8.86. The highest BCUT2D eigenvalue weighted by Crippen LogP contribution is 2.07. The Hall–Kier alpha value is -0.540. The normalized spacial score (nSPS) is 12.7. The van der Waals surface area contributed by atoms with Crippen molar-refractivity contribution in [2.24, 2.45) is 0 Å². The first-order valence-corrected chi connectivity index (χ1v) is 6.37. The molecule has 0 aromatic carbocycles. The lowest BCUT2D eigenvalue weighted by Gasteiger charge is -2.12. The Morgan fingerprint density at radius 2 is 2.36 bits per heavy atom. The molecule has 78 valence electrons. The van der Waals surface area contributed by atoms with E-state index in [1.54, 1.807) is 0 Å². The lowest BCUT2D eigenvalue weighted by Crippen LogP contribution is -2.21. The van der Waals surface area contributed by atoms with Crippen LogP contribution in [0.3, 0.4) is 0 Å². The second-order valence-electron chi connectivity index (χ2n) is 3.28. The van der Waals surface area contributed by atoms with Crippen molar-refractivity contribution in [1.29, 1.82) is 0 Å². The van der Waals surface area contributed by atoms with Gasteiger partial charge in [-0.05, 0) is 44.0 Å². The lowest BCUT2D eigenvalue weighted by atomic mass is 10.2. The summed E-state index contributed by atoms with van der Waals surface area (Å²) in [5.74, 6) is 1.22. The number of pyridine rings is 1. The fourth-order valence-electron chi connectivity index (χ4n) is 1.27. The van der Waals surface area contributed by atoms with Gasteiger partial charge in [-0.1, -0.05) is 6.07 Å². The summed E-state index contributed by atoms with van der Waals surface area (Å²) < 4.78 is 0. The van der Waals surface area contributed by atoms with Crippen LogP contribution in [0.5, 0.6) is 0 Å². The van der Waals surface area contributed by atoms with Crippen molar-refractivity contribution in [3.8, 4) is 0 Å². The van der Waals surface area contributed by atoms with Gasteiger partial charge in [0.05, 0.1) is 5.69 Å². The summed E-state index contributed by atoms with van der Waals surface area (Å²) in [7, 11) is 0. The third kappa shape index (κ3) is 4.11. The highest BCUT2D eigenvalue weighted by molar-refractivity contribution is 7.98. The molecule has 0 amide bonds. The summed E-state index contributed by atoms with van der Waals surface area (Å²) in [4.78, 5) is 4.31. The summed E-state index contributed by atoms with van der Waals surface area (Å²) in [6.07, 6.45) is 5.20. The second kappa shape index (κ2) is 6.85. The maximum atomic E-state index is 4.31. The Morgan fingerprint density at radius 3 is 3.00 bits per heavy atom. The molecule has 0 aliphatic carbocycles. The molecule has 0 spiro atoms. The quantitative estimate of drug-likeness (QED) is 0.730. The SMILES string of the molecule is CSCCCN[C@@H](C)c1ccccn1. The smallest absolute Gasteiger partial charge is 0.0570 e. The van der Waals surface area contributed by atoms with Crippen LogP contribution in [0.15, 0.2) is 24.4 Å². The maximum absolute atomic E-state index is 4.31. The molecular weight excluding hydrogens is 192 g/mol. The van der Waals surface area contributed by atoms with Crippen molar-refractivity contribution < 1.29 is 0 Å². The maximum Gasteiger partial charge on any atom is 0.0570 e. The topological polar surface area (TPSA) is 24.9 Å². The van der Waals surface area contributed by atoms with Crippen molar-refractivity contribution in [3.63, 3.8) is 0 Å². The highest BCUT2D eigenvalue weighted by atomic mass is 32.2. The summed E-state index contributed by atoms with van der Waals surface area (Å²) in [6.45, 7) is 3.22. The molecule has 0 aliphatic heterocycles. The molecule has 2 nitrogen and oxygen atoms in total. The predicted molar refractivity (Wildman–Crippen MR) is 63.7 cm³/mol. The van der Waals surface area contributed by atoms with Crippen LogP contribution < -0.4 is 5.32 Å². The van der Waals surface area contributed by atoms with Crippen molar-refractivity contribution in [1.82, 2.24) is 10.3 Å². The fraction of sp³-hybridized carbons (Fsp3) is 0.545. The molecule has 0 saturated carbocycles. The van der Waals surface area contributed by atoms with Crippen LogP contribution in [-0.2, 0) is 0 Å². The van der Waals surface area contributed by atoms with E-state index in [2.05, 4.69) is 29.5 Å². The number of hydrogen-bond acceptors (Lipinski definition) is 3. The van der Waals surface area contributed by atoms with Crippen LogP contribution in [0.4, 0.5) is 0 Å². The number of nitrogens with one attached hydrogen (secondary N) is 1. The van der Waals surface area contributed by atoms with Crippen LogP contribution in [-0.4, -0.2) is 23.5 Å². The van der Waals surface area contributed by atoms with E-state index in [0.29, 0.717) is 6.04 Å². The van der Waals surface area contributed by atoms with Gasteiger partial charge < -0.3 is 5.32 Å². The van der Waals surface area contributed by atoms with Gasteiger partial charge in [0.2, 0.25) is 0 Å². The zero-order chi connectivity index (χ0) is 10.2. The van der Waals surface area contributed by atoms with E-state index in [1.165, 1.54) is 12.2 Å². The number of aromatic nitrogens is 1. The molecule has 0 radical (unpaired) electrons. The molecule has 0 unspecified atom stereocenters. The van der Waals surface area contributed by atoms with Crippen molar-refractivity contribution in [3.05, 3.63) is 30.1 Å². The molecule has 1 aromatic heterocycles. The number of thioether (sulfide) groups is 1. The molecule has 1 atom stereocenters. The van der Waals surface area contributed by atoms with E-state index in [4.69, 9.17) is 0 Å². The third-order valence-corrected chi connectivity index (χ3v) is 2.80. The first kappa shape index (κ1) is 11.5. The summed E-state index contributed by atoms with van der Waals surface area (Å²) >= 11 is 1.89. The van der Waals surface area contributed by atoms with E-state index in [9.17, 15) is 0 Å². The predicted octanol–water partition coefficient (Wildman–Crippen LogP) is 2.49. The standard InChI is InChI=1S/C11H18N2S/c1-10(12-8-5-9-14-2)11-6-3-4-7-13-11/h3-4,6-7,10,12H,5,8-9H2,1-2H3/t10-/m0/s1. The van der Waals surface area contributed by atoms with Crippen LogP contribution >= 0.6 is 11.8 Å². The molecule has 1 aromatic rings. The molecule has 14 heavy (non-hydrogen) atoms. The van der Waals surface area contributed by atoms with Crippen molar-refractivity contribution >= 4 is 11.8 Å². The van der Waals surface area contributed by atoms with Crippen molar-refractivity contribution in [2.45, 2.75) is 19.4 Å². The Labute approximate surface area is 90.5 Å². The molecular formula is C11H18N2S. The van der Waals surface area contributed by atoms with Gasteiger partial charge >= 0.3 is 0 Å². The van der Waals surface area contributed by atoms with Gasteiger partial charge in [0.25, 0.3) is 0 Å². The van der Waals surface area contributed by atoms with Gasteiger partial charge in [-0.15, -0.1) is 0 Å². The van der Waals surface area contributed by atoms with Gasteiger partial charge in [0.15, 0.2) is 0 Å². The van der Waals surface area contributed by atoms with E-state index in [-0.39, 0.29) is 0 Å². The molecule has 0 fully saturated rings. The lowest BCUT2D eigenvalue weighted by molar-refractivity contribution is 0.560. The molecule has 0 saturated heterocycles. The fourth-order valence-corrected chi connectivity index (χ4v) is 1.70. The van der Waals surface area contributed by atoms with Crippen LogP contribution in [0, 0.1) is 0 Å². The molecule has 0 aliphatic rings. The number of hydrogen-bond donors (Lipinski definition) is 1. The highest BCUT2D eigenvalue weighted by Gasteiger charge is 2.03. The first-order valence-electron chi connectivity index (χ1n) is 4.98. The van der Waals surface area contributed by atoms with E-state index in [0.717, 1.165) is 12.2 Å². The minimum atomic E-state index is 0.359.